The van der Waals surface area contributed by atoms with Crippen molar-refractivity contribution in [3.63, 3.8) is 0 Å². The molecular weight excluding hydrogens is 1730 g/mol. The minimum absolute atomic E-state index is 0. The Bertz CT molecular complexity index is 3730. The fourth-order valence-corrected chi connectivity index (χ4v) is 32.3. The lowest BCUT2D eigenvalue weighted by Gasteiger charge is -2.47. The third-order valence-electron chi connectivity index (χ3n) is 42.8. The summed E-state index contributed by atoms with van der Waals surface area (Å²) in [7, 11) is 0. The number of carbonyl (C=O) groups is 7. The maximum Gasteiger partial charge on any atom is 0.309 e. The maximum atomic E-state index is 12.3. The van der Waals surface area contributed by atoms with Gasteiger partial charge in [0.15, 0.2) is 0 Å². The molecule has 0 spiro atoms. The van der Waals surface area contributed by atoms with Crippen molar-refractivity contribution < 1.29 is 66.7 Å². The van der Waals surface area contributed by atoms with E-state index in [2.05, 4.69) is 118 Å². The van der Waals surface area contributed by atoms with Crippen LogP contribution in [0.25, 0.3) is 0 Å². The lowest BCUT2D eigenvalue weighted by molar-refractivity contribution is -0.184. The molecule has 18 rings (SSSR count). The van der Waals surface area contributed by atoms with Crippen LogP contribution in [0, 0.1) is 181 Å². The van der Waals surface area contributed by atoms with Gasteiger partial charge in [0.2, 0.25) is 0 Å². The molecule has 0 saturated heterocycles. The Kier molecular flexibility index (Phi) is 54.1. The van der Waals surface area contributed by atoms with Crippen LogP contribution in [0.5, 0.6) is 0 Å². The van der Waals surface area contributed by atoms with Crippen LogP contribution in [0.3, 0.4) is 0 Å². The molecule has 16 bridgehead atoms. The zero-order chi connectivity index (χ0) is 91.7. The molecule has 36 unspecified atom stereocenters. The summed E-state index contributed by atoms with van der Waals surface area (Å²) in [6.45, 7) is 57.7. The van der Waals surface area contributed by atoms with Crippen molar-refractivity contribution >= 4 is 41.8 Å². The zero-order valence-corrected chi connectivity index (χ0v) is 84.9. The van der Waals surface area contributed by atoms with Crippen molar-refractivity contribution in [2.45, 2.75) is 581 Å². The van der Waals surface area contributed by atoms with Crippen LogP contribution < -0.4 is 0 Å². The van der Waals surface area contributed by atoms with Gasteiger partial charge in [-0.25, -0.2) is 0 Å². The minimum atomic E-state index is -0.264. The van der Waals surface area contributed by atoms with Gasteiger partial charge in [-0.05, 0) is 377 Å². The van der Waals surface area contributed by atoms with Gasteiger partial charge in [0.25, 0.3) is 0 Å². The third kappa shape index (κ3) is 25.7. The quantitative estimate of drug-likeness (QED) is 0.0505. The lowest BCUT2D eigenvalue weighted by atomic mass is 9.63. The Morgan fingerprint density at radius 1 is 0.259 bits per heavy atom. The molecular formula is C125H242O14. The van der Waals surface area contributed by atoms with E-state index in [1.54, 1.807) is 0 Å². The molecule has 0 aromatic carbocycles. The van der Waals surface area contributed by atoms with Crippen molar-refractivity contribution in [1.82, 2.24) is 0 Å². The van der Waals surface area contributed by atoms with Crippen LogP contribution in [0.4, 0.5) is 0 Å². The molecule has 0 aliphatic heterocycles. The second-order valence-corrected chi connectivity index (χ2v) is 49.0. The van der Waals surface area contributed by atoms with Gasteiger partial charge in [0.1, 0.15) is 39.2 Å². The summed E-state index contributed by atoms with van der Waals surface area (Å²) < 4.78 is 41.9. The van der Waals surface area contributed by atoms with Gasteiger partial charge < -0.3 is 33.2 Å². The number of hydrogen-bond acceptors (Lipinski definition) is 14. The normalized spacial score (nSPS) is 39.9. The van der Waals surface area contributed by atoms with Crippen molar-refractivity contribution in [2.75, 3.05) is 0 Å². The molecule has 18 aliphatic rings. The third-order valence-corrected chi connectivity index (χ3v) is 42.8. The number of hydrogen-bond donors (Lipinski definition) is 0. The molecule has 139 heavy (non-hydrogen) atoms. The fourth-order valence-electron chi connectivity index (χ4n) is 32.3. The first-order chi connectivity index (χ1) is 58.8. The van der Waals surface area contributed by atoms with E-state index in [4.69, 9.17) is 33.2 Å². The molecule has 0 amide bonds. The van der Waals surface area contributed by atoms with Crippen molar-refractivity contribution in [3.8, 4) is 0 Å². The number of carbonyl (C=O) groups excluding carboxylic acids is 7. The zero-order valence-electron chi connectivity index (χ0n) is 84.9. The average molecular weight is 1970 g/mol. The number of fused-ring (bicyclic) bond motifs is 27. The van der Waals surface area contributed by atoms with Crippen molar-refractivity contribution in [1.29, 1.82) is 0 Å². The molecule has 0 N–H and O–H groups in total. The maximum absolute atomic E-state index is 12.3. The first-order valence-corrected chi connectivity index (χ1v) is 53.4. The summed E-state index contributed by atoms with van der Waals surface area (Å²) in [5, 5.41) is 0. The molecule has 0 aromatic heterocycles. The Balaban J connectivity index is -0.00000153. The van der Waals surface area contributed by atoms with Gasteiger partial charge in [-0.3, -0.25) is 33.6 Å². The molecule has 826 valence electrons. The van der Waals surface area contributed by atoms with E-state index in [0.717, 1.165) is 186 Å². The van der Waals surface area contributed by atoms with E-state index < -0.39 is 0 Å². The SMILES string of the molecule is C.C.C.C.C.C.C.C.C.C.C.C.C.C.CCC(C)C(=O)OC1(C)CC2CC1C1C3CCC(C3)C21.CCC(C)C(=O)OC1(C)CC2CC1C1CCCC21.CCC(C)C(=O)OC1(C)CC2CCC1(C)C2(C)C.CCC(C)C(=O)OC1(C)CC2CCC1C2.CCC(C)C(=O)OC1(CC)CC2CC1C1CCCC21.CCC(C)C(=O)OC1(CC)CC2CCC1(C)C2(C)C.CCC(C)C(=O)OC1(CC)CC2CCC1C2. The van der Waals surface area contributed by atoms with E-state index in [-0.39, 0.29) is 243 Å². The van der Waals surface area contributed by atoms with Gasteiger partial charge in [-0.2, -0.15) is 0 Å². The summed E-state index contributed by atoms with van der Waals surface area (Å²) >= 11 is 0. The molecule has 14 heteroatoms. The summed E-state index contributed by atoms with van der Waals surface area (Å²) in [5.41, 5.74) is -0.247. The molecule has 0 aromatic rings. The molecule has 18 saturated carbocycles. The predicted octanol–water partition coefficient (Wildman–Crippen LogP) is 36.4. The fraction of sp³-hybridized carbons (Fsp3) is 0.944. The Morgan fingerprint density at radius 3 is 0.978 bits per heavy atom. The Morgan fingerprint density at radius 2 is 0.604 bits per heavy atom. The summed E-state index contributed by atoms with van der Waals surface area (Å²) in [4.78, 5) is 84.7. The van der Waals surface area contributed by atoms with E-state index in [1.165, 1.54) is 141 Å². The van der Waals surface area contributed by atoms with Crippen LogP contribution >= 0.6 is 0 Å². The molecule has 36 atom stereocenters. The standard InChI is InChI=1S/C18H28O2.C17H28O2.C17H30O2.C16H26O2.C16H28O2.C14H24O2.C13H22O2.14CH4/c1-4-10(2)17(19)20-18(3)9-13-8-14(18)16-12-6-5-11(7-12)15(13)16;1-4-11(3)16(18)19-17(5-2)10-12-9-15(17)14-8-6-7-13(12)14;1-7-12(3)14(18)19-17(8-2)11-13-9-10-16(17,6)15(13,4)5;1-4-10(2)15(17)18-16(3)9-11-8-14(16)13-7-5-6-12(11)13;1-7-11(2)13(17)18-16(6)10-12-8-9-15(16,5)14(12,3)4;1-4-10(3)13(15)16-14(5-2)9-11-6-7-12(14)8-11;1-4-9(2)12(14)15-13(3)8-10-5-6-11(13)7-10;;;;;;;;;;;;;;/h10-16H,4-9H2,1-3H3;11-15H,4-10H2,1-3H3;12-13H,7-11H2,1-6H3;10-14H,4-9H2,1-3H3;11-12H,7-10H2,1-6H3;10-12H,4-9H2,1-3H3;9-11H,4-8H2,1-3H3;14*1H4. The minimum Gasteiger partial charge on any atom is -0.459 e. The van der Waals surface area contributed by atoms with E-state index in [1.807, 2.05) is 69.2 Å². The molecule has 0 heterocycles. The highest BCUT2D eigenvalue weighted by atomic mass is 16.6. The monoisotopic (exact) mass is 1970 g/mol. The van der Waals surface area contributed by atoms with Crippen molar-refractivity contribution in [3.05, 3.63) is 0 Å². The molecule has 18 aliphatic carbocycles. The summed E-state index contributed by atoms with van der Waals surface area (Å²) in [6.07, 6.45) is 46.5. The smallest absolute Gasteiger partial charge is 0.309 e. The molecule has 14 nitrogen and oxygen atoms in total. The van der Waals surface area contributed by atoms with Crippen LogP contribution in [0.2, 0.25) is 0 Å². The van der Waals surface area contributed by atoms with Gasteiger partial charge >= 0.3 is 41.8 Å². The summed E-state index contributed by atoms with van der Waals surface area (Å²) in [6, 6.07) is 0. The first kappa shape index (κ1) is 139. The number of rotatable bonds is 24. The largest absolute Gasteiger partial charge is 0.459 e. The Hall–Kier alpha value is -3.71. The first-order valence-electron chi connectivity index (χ1n) is 53.4. The second-order valence-electron chi connectivity index (χ2n) is 49.0. The van der Waals surface area contributed by atoms with Crippen LogP contribution in [-0.2, 0) is 66.7 Å². The topological polar surface area (TPSA) is 184 Å². The molecule has 18 fully saturated rings. The van der Waals surface area contributed by atoms with Crippen LogP contribution in [0.1, 0.15) is 541 Å². The highest BCUT2D eigenvalue weighted by molar-refractivity contribution is 5.75. The van der Waals surface area contributed by atoms with E-state index in [0.29, 0.717) is 46.8 Å². The van der Waals surface area contributed by atoms with Gasteiger partial charge in [0.05, 0.1) is 41.4 Å². The van der Waals surface area contributed by atoms with Crippen molar-refractivity contribution in [2.24, 2.45) is 181 Å². The van der Waals surface area contributed by atoms with Gasteiger partial charge in [-0.1, -0.05) is 276 Å². The van der Waals surface area contributed by atoms with E-state index >= 15 is 0 Å². The van der Waals surface area contributed by atoms with Crippen LogP contribution in [0.15, 0.2) is 0 Å². The Labute approximate surface area is 865 Å². The highest BCUT2D eigenvalue weighted by Crippen LogP contribution is 2.75. The van der Waals surface area contributed by atoms with Crippen LogP contribution in [-0.4, -0.2) is 81.0 Å². The van der Waals surface area contributed by atoms with E-state index in [9.17, 15) is 33.6 Å². The predicted molar refractivity (Wildman–Crippen MR) is 593 cm³/mol. The van der Waals surface area contributed by atoms with Gasteiger partial charge in [0, 0.05) is 28.6 Å². The highest BCUT2D eigenvalue weighted by Gasteiger charge is 2.73. The molecule has 0 radical (unpaired) electrons. The number of esters is 7. The summed E-state index contributed by atoms with van der Waals surface area (Å²) in [5.74, 6) is 16.9. The van der Waals surface area contributed by atoms with Gasteiger partial charge in [-0.15, -0.1) is 0 Å². The second kappa shape index (κ2) is 54.0. The number of ether oxygens (including phenoxy) is 7. The average Bonchev–Trinajstić information content (AvgIpc) is 1.59. The lowest BCUT2D eigenvalue weighted by Crippen LogP contribution is -2.50.